The van der Waals surface area contributed by atoms with Crippen LogP contribution in [0.4, 0.5) is 10.3 Å². The van der Waals surface area contributed by atoms with Gasteiger partial charge in [-0.25, -0.2) is 14.4 Å². The Bertz CT molecular complexity index is 1580. The molecular weight excluding hydrogens is 421 g/mol. The van der Waals surface area contributed by atoms with Gasteiger partial charge in [-0.05, 0) is 48.5 Å². The SMILES string of the molecule is Cn1c(NNC(=O)c2cc(-c3ccc(F)cc3)nc3ccccc23)nc2ccccc2c1=O. The lowest BCUT2D eigenvalue weighted by Gasteiger charge is -2.14. The summed E-state index contributed by atoms with van der Waals surface area (Å²) in [5.74, 6) is -0.584. The maximum Gasteiger partial charge on any atom is 0.270 e. The van der Waals surface area contributed by atoms with E-state index in [4.69, 9.17) is 0 Å². The first-order valence-corrected chi connectivity index (χ1v) is 10.2. The van der Waals surface area contributed by atoms with Gasteiger partial charge in [0.2, 0.25) is 5.95 Å². The highest BCUT2D eigenvalue weighted by Crippen LogP contribution is 2.25. The Kier molecular flexibility index (Phi) is 5.02. The van der Waals surface area contributed by atoms with E-state index in [0.717, 1.165) is 0 Å². The van der Waals surface area contributed by atoms with Crippen LogP contribution in [0.25, 0.3) is 33.1 Å². The summed E-state index contributed by atoms with van der Waals surface area (Å²) in [7, 11) is 1.57. The molecule has 5 rings (SSSR count). The summed E-state index contributed by atoms with van der Waals surface area (Å²) in [6, 6.07) is 21.8. The summed E-state index contributed by atoms with van der Waals surface area (Å²) in [5.41, 5.74) is 7.89. The van der Waals surface area contributed by atoms with Crippen LogP contribution in [0.5, 0.6) is 0 Å². The minimum absolute atomic E-state index is 0.198. The van der Waals surface area contributed by atoms with Crippen LogP contribution in [0.2, 0.25) is 0 Å². The lowest BCUT2D eigenvalue weighted by molar-refractivity contribution is 0.0963. The second-order valence-corrected chi connectivity index (χ2v) is 7.47. The lowest BCUT2D eigenvalue weighted by atomic mass is 10.0. The van der Waals surface area contributed by atoms with Gasteiger partial charge in [-0.2, -0.15) is 0 Å². The van der Waals surface area contributed by atoms with Gasteiger partial charge in [0.15, 0.2) is 0 Å². The molecule has 8 heteroatoms. The first-order chi connectivity index (χ1) is 16.0. The van der Waals surface area contributed by atoms with Crippen LogP contribution in [0, 0.1) is 5.82 Å². The normalized spacial score (nSPS) is 11.0. The summed E-state index contributed by atoms with van der Waals surface area (Å²) in [6.07, 6.45) is 0. The molecule has 0 unspecified atom stereocenters. The second kappa shape index (κ2) is 8.16. The van der Waals surface area contributed by atoms with Gasteiger partial charge in [-0.3, -0.25) is 25.0 Å². The van der Waals surface area contributed by atoms with E-state index in [2.05, 4.69) is 20.8 Å². The van der Waals surface area contributed by atoms with Crippen molar-refractivity contribution in [2.75, 3.05) is 5.43 Å². The molecule has 0 fully saturated rings. The van der Waals surface area contributed by atoms with Gasteiger partial charge in [0.1, 0.15) is 5.82 Å². The molecule has 5 aromatic rings. The van der Waals surface area contributed by atoms with Crippen LogP contribution in [0.3, 0.4) is 0 Å². The lowest BCUT2D eigenvalue weighted by Crippen LogP contribution is -2.33. The summed E-state index contributed by atoms with van der Waals surface area (Å²) in [4.78, 5) is 34.8. The molecule has 0 saturated heterocycles. The second-order valence-electron chi connectivity index (χ2n) is 7.47. The van der Waals surface area contributed by atoms with E-state index in [-0.39, 0.29) is 17.3 Å². The van der Waals surface area contributed by atoms with E-state index in [1.165, 1.54) is 16.7 Å². The van der Waals surface area contributed by atoms with Crippen molar-refractivity contribution < 1.29 is 9.18 Å². The fraction of sp³-hybridized carbons (Fsp3) is 0.0400. The molecule has 0 saturated carbocycles. The van der Waals surface area contributed by atoms with Gasteiger partial charge in [0.05, 0.1) is 27.7 Å². The number of pyridine rings is 1. The Balaban J connectivity index is 1.51. The predicted octanol–water partition coefficient (Wildman–Crippen LogP) is 4.04. The van der Waals surface area contributed by atoms with Crippen molar-refractivity contribution in [2.45, 2.75) is 0 Å². The quantitative estimate of drug-likeness (QED) is 0.413. The van der Waals surface area contributed by atoms with E-state index in [9.17, 15) is 14.0 Å². The van der Waals surface area contributed by atoms with Crippen LogP contribution in [0.15, 0.2) is 83.7 Å². The number of nitrogens with one attached hydrogen (secondary N) is 2. The van der Waals surface area contributed by atoms with E-state index in [1.54, 1.807) is 61.6 Å². The minimum atomic E-state index is -0.431. The number of fused-ring (bicyclic) bond motifs is 2. The molecule has 33 heavy (non-hydrogen) atoms. The molecule has 2 heterocycles. The number of rotatable bonds is 4. The van der Waals surface area contributed by atoms with Gasteiger partial charge >= 0.3 is 0 Å². The maximum atomic E-state index is 13.4. The molecule has 0 bridgehead atoms. The third-order valence-corrected chi connectivity index (χ3v) is 5.37. The van der Waals surface area contributed by atoms with Crippen molar-refractivity contribution in [2.24, 2.45) is 7.05 Å². The maximum absolute atomic E-state index is 13.4. The molecule has 2 aromatic heterocycles. The molecule has 7 nitrogen and oxygen atoms in total. The van der Waals surface area contributed by atoms with E-state index in [1.807, 2.05) is 12.1 Å². The van der Waals surface area contributed by atoms with Crippen LogP contribution in [-0.2, 0) is 7.05 Å². The monoisotopic (exact) mass is 439 g/mol. The number of hydrogen-bond donors (Lipinski definition) is 2. The number of nitrogens with zero attached hydrogens (tertiary/aromatic N) is 3. The van der Waals surface area contributed by atoms with Crippen molar-refractivity contribution in [1.82, 2.24) is 20.0 Å². The molecule has 0 aliphatic heterocycles. The molecule has 0 aliphatic carbocycles. The number of hydrogen-bond acceptors (Lipinski definition) is 5. The average molecular weight is 439 g/mol. The van der Waals surface area contributed by atoms with Gasteiger partial charge in [-0.15, -0.1) is 0 Å². The van der Waals surface area contributed by atoms with Crippen molar-refractivity contribution in [3.8, 4) is 11.3 Å². The first-order valence-electron chi connectivity index (χ1n) is 10.2. The number of halogens is 1. The number of amides is 1. The Morgan fingerprint density at radius 1 is 0.879 bits per heavy atom. The van der Waals surface area contributed by atoms with Crippen LogP contribution in [0.1, 0.15) is 10.4 Å². The molecule has 2 N–H and O–H groups in total. The highest BCUT2D eigenvalue weighted by molar-refractivity contribution is 6.07. The zero-order chi connectivity index (χ0) is 22.9. The van der Waals surface area contributed by atoms with Crippen LogP contribution >= 0.6 is 0 Å². The average Bonchev–Trinajstić information content (AvgIpc) is 2.85. The summed E-state index contributed by atoms with van der Waals surface area (Å²) in [6.45, 7) is 0. The van der Waals surface area contributed by atoms with Crippen molar-refractivity contribution in [1.29, 1.82) is 0 Å². The Morgan fingerprint density at radius 2 is 1.52 bits per heavy atom. The topological polar surface area (TPSA) is 88.9 Å². The molecule has 1 amide bonds. The zero-order valence-electron chi connectivity index (χ0n) is 17.5. The number of para-hydroxylation sites is 2. The third kappa shape index (κ3) is 3.78. The van der Waals surface area contributed by atoms with Crippen LogP contribution in [-0.4, -0.2) is 20.4 Å². The summed E-state index contributed by atoms with van der Waals surface area (Å²) in [5, 5.41) is 1.14. The fourth-order valence-electron chi connectivity index (χ4n) is 3.64. The smallest absolute Gasteiger partial charge is 0.270 e. The number of carbonyl (C=O) groups excluding carboxylic acids is 1. The van der Waals surface area contributed by atoms with Crippen molar-refractivity contribution >= 4 is 33.7 Å². The standard InChI is InChI=1S/C25H18FN5O2/c1-31-24(33)18-7-3-5-9-21(18)28-25(31)30-29-23(32)19-14-22(15-10-12-16(26)13-11-15)27-20-8-4-2-6-17(19)20/h2-14H,1H3,(H,28,30)(H,29,32). The van der Waals surface area contributed by atoms with E-state index < -0.39 is 5.91 Å². The number of hydrazine groups is 1. The van der Waals surface area contributed by atoms with Gasteiger partial charge < -0.3 is 0 Å². The van der Waals surface area contributed by atoms with Crippen molar-refractivity contribution in [3.05, 3.63) is 101 Å². The Labute approximate surface area is 187 Å². The van der Waals surface area contributed by atoms with Crippen LogP contribution < -0.4 is 16.4 Å². The van der Waals surface area contributed by atoms with E-state index >= 15 is 0 Å². The Morgan fingerprint density at radius 3 is 2.24 bits per heavy atom. The van der Waals surface area contributed by atoms with Crippen molar-refractivity contribution in [3.63, 3.8) is 0 Å². The molecule has 0 aliphatic rings. The molecule has 0 spiro atoms. The number of benzene rings is 3. The zero-order valence-corrected chi connectivity index (χ0v) is 17.5. The van der Waals surface area contributed by atoms with Gasteiger partial charge in [0.25, 0.3) is 11.5 Å². The van der Waals surface area contributed by atoms with E-state index in [0.29, 0.717) is 38.6 Å². The molecule has 3 aromatic carbocycles. The fourth-order valence-corrected chi connectivity index (χ4v) is 3.64. The molecular formula is C25H18FN5O2. The largest absolute Gasteiger partial charge is 0.280 e. The molecule has 0 atom stereocenters. The molecule has 0 radical (unpaired) electrons. The summed E-state index contributed by atoms with van der Waals surface area (Å²) >= 11 is 0. The first kappa shape index (κ1) is 20.3. The number of carbonyl (C=O) groups is 1. The van der Waals surface area contributed by atoms with Gasteiger partial charge in [0, 0.05) is 18.0 Å². The third-order valence-electron chi connectivity index (χ3n) is 5.37. The highest BCUT2D eigenvalue weighted by atomic mass is 19.1. The number of anilines is 1. The number of aromatic nitrogens is 3. The summed E-state index contributed by atoms with van der Waals surface area (Å²) < 4.78 is 14.7. The molecule has 162 valence electrons. The predicted molar refractivity (Wildman–Crippen MR) is 125 cm³/mol. The van der Waals surface area contributed by atoms with Gasteiger partial charge in [-0.1, -0.05) is 30.3 Å². The highest BCUT2D eigenvalue weighted by Gasteiger charge is 2.15. The Hall–Kier alpha value is -4.59. The minimum Gasteiger partial charge on any atom is -0.280 e.